The summed E-state index contributed by atoms with van der Waals surface area (Å²) < 4.78 is 5.81. The number of anilines is 1. The summed E-state index contributed by atoms with van der Waals surface area (Å²) in [6.45, 7) is 3.87. The van der Waals surface area contributed by atoms with E-state index in [1.165, 1.54) is 0 Å². The molecule has 7 heteroatoms. The van der Waals surface area contributed by atoms with Gasteiger partial charge in [-0.05, 0) is 61.8 Å². The number of rotatable bonds is 5. The first-order chi connectivity index (χ1) is 14.1. The second-order valence-electron chi connectivity index (χ2n) is 7.34. The molecular weight excluding hydrogens is 384 g/mol. The Labute approximate surface area is 174 Å². The van der Waals surface area contributed by atoms with Crippen molar-refractivity contribution in [3.05, 3.63) is 70.3 Å². The normalized spacial score (nSPS) is 16.1. The first kappa shape index (κ1) is 19.5. The fraction of sp³-hybridized carbons (Fsp3) is 0.318. The highest BCUT2D eigenvalue weighted by atomic mass is 32.1. The molecule has 150 valence electrons. The molecule has 4 rings (SSSR count). The average molecular weight is 409 g/mol. The molecule has 0 spiro atoms. The fourth-order valence-corrected chi connectivity index (χ4v) is 3.83. The molecule has 1 saturated heterocycles. The molecule has 1 aliphatic rings. The van der Waals surface area contributed by atoms with E-state index in [1.807, 2.05) is 54.3 Å². The average Bonchev–Trinajstić information content (AvgIpc) is 3.21. The quantitative estimate of drug-likeness (QED) is 0.629. The van der Waals surface area contributed by atoms with E-state index in [-0.39, 0.29) is 11.7 Å². The number of hydrogen-bond donors (Lipinski definition) is 2. The Morgan fingerprint density at radius 2 is 2.17 bits per heavy atom. The van der Waals surface area contributed by atoms with Crippen LogP contribution in [0.15, 0.2) is 53.3 Å². The number of aryl methyl sites for hydroxylation is 1. The molecular formula is C22H24N4O2S. The second kappa shape index (κ2) is 8.71. The van der Waals surface area contributed by atoms with Crippen molar-refractivity contribution in [1.82, 2.24) is 14.9 Å². The lowest BCUT2D eigenvalue weighted by Gasteiger charge is -2.28. The largest absolute Gasteiger partial charge is 0.376 e. The monoisotopic (exact) mass is 408 g/mol. The number of fused-ring (bicyclic) bond motifs is 1. The van der Waals surface area contributed by atoms with E-state index >= 15 is 0 Å². The van der Waals surface area contributed by atoms with Crippen LogP contribution < -0.4 is 10.9 Å². The second-order valence-corrected chi connectivity index (χ2v) is 7.73. The molecule has 6 nitrogen and oxygen atoms in total. The smallest absolute Gasteiger partial charge is 0.258 e. The number of aromatic amines is 1. The fourth-order valence-electron chi connectivity index (χ4n) is 3.57. The zero-order valence-corrected chi connectivity index (χ0v) is 17.2. The molecule has 2 N–H and O–H groups in total. The Balaban J connectivity index is 1.58. The van der Waals surface area contributed by atoms with Crippen LogP contribution in [-0.2, 0) is 11.3 Å². The molecule has 0 unspecified atom stereocenters. The van der Waals surface area contributed by atoms with Gasteiger partial charge in [-0.3, -0.25) is 4.79 Å². The number of benzene rings is 2. The number of aromatic nitrogens is 2. The summed E-state index contributed by atoms with van der Waals surface area (Å²) in [6, 6.07) is 15.4. The Morgan fingerprint density at radius 3 is 2.97 bits per heavy atom. The van der Waals surface area contributed by atoms with Gasteiger partial charge >= 0.3 is 0 Å². The molecule has 1 atom stereocenters. The van der Waals surface area contributed by atoms with Crippen LogP contribution in [0, 0.1) is 6.92 Å². The predicted molar refractivity (Wildman–Crippen MR) is 119 cm³/mol. The number of hydrogen-bond acceptors (Lipinski definition) is 4. The first-order valence-corrected chi connectivity index (χ1v) is 10.2. The van der Waals surface area contributed by atoms with Gasteiger partial charge in [0.25, 0.3) is 5.56 Å². The van der Waals surface area contributed by atoms with Crippen LogP contribution in [0.4, 0.5) is 5.69 Å². The van der Waals surface area contributed by atoms with Gasteiger partial charge in [0.15, 0.2) is 5.11 Å². The predicted octanol–water partition coefficient (Wildman–Crippen LogP) is 3.61. The molecule has 2 heterocycles. The minimum Gasteiger partial charge on any atom is -0.376 e. The molecule has 1 aliphatic heterocycles. The van der Waals surface area contributed by atoms with Gasteiger partial charge in [0.2, 0.25) is 0 Å². The summed E-state index contributed by atoms with van der Waals surface area (Å²) in [7, 11) is 0. The molecule has 0 aliphatic carbocycles. The lowest BCUT2D eigenvalue weighted by atomic mass is 10.2. The highest BCUT2D eigenvalue weighted by Crippen LogP contribution is 2.17. The molecule has 1 aromatic heterocycles. The van der Waals surface area contributed by atoms with Crippen LogP contribution in [0.25, 0.3) is 10.9 Å². The van der Waals surface area contributed by atoms with Crippen molar-refractivity contribution in [1.29, 1.82) is 0 Å². The summed E-state index contributed by atoms with van der Waals surface area (Å²) in [5.74, 6) is 0.583. The number of nitrogens with zero attached hydrogens (tertiary/aromatic N) is 2. The van der Waals surface area contributed by atoms with E-state index in [0.29, 0.717) is 34.9 Å². The standard InChI is InChI=1S/C22H24N4O2S/c1-15-6-4-7-16(12-15)23-22(29)26(13-17-8-5-11-28-17)14-20-24-19-10-3-2-9-18(19)21(27)25-20/h2-4,6-7,9-10,12,17H,5,8,11,13-14H2,1H3,(H,23,29)(H,24,25,27)/t17-/m1/s1. The van der Waals surface area contributed by atoms with Gasteiger partial charge in [-0.1, -0.05) is 24.3 Å². The molecule has 0 saturated carbocycles. The van der Waals surface area contributed by atoms with Crippen LogP contribution in [0.3, 0.4) is 0 Å². The number of ether oxygens (including phenoxy) is 1. The van der Waals surface area contributed by atoms with Crippen molar-refractivity contribution >= 4 is 33.9 Å². The maximum Gasteiger partial charge on any atom is 0.258 e. The highest BCUT2D eigenvalue weighted by Gasteiger charge is 2.22. The van der Waals surface area contributed by atoms with Crippen LogP contribution in [-0.4, -0.2) is 39.2 Å². The van der Waals surface area contributed by atoms with Crippen molar-refractivity contribution in [2.45, 2.75) is 32.4 Å². The molecule has 0 bridgehead atoms. The molecule has 2 aromatic carbocycles. The van der Waals surface area contributed by atoms with E-state index in [1.54, 1.807) is 6.07 Å². The summed E-state index contributed by atoms with van der Waals surface area (Å²) in [5.41, 5.74) is 2.64. The minimum absolute atomic E-state index is 0.124. The van der Waals surface area contributed by atoms with Gasteiger partial charge in [0.1, 0.15) is 5.82 Å². The van der Waals surface area contributed by atoms with Gasteiger partial charge in [-0.15, -0.1) is 0 Å². The van der Waals surface area contributed by atoms with Crippen LogP contribution in [0.1, 0.15) is 24.2 Å². The molecule has 3 aromatic rings. The first-order valence-electron chi connectivity index (χ1n) is 9.80. The number of H-pyrrole nitrogens is 1. The van der Waals surface area contributed by atoms with Gasteiger partial charge in [-0.25, -0.2) is 4.98 Å². The summed E-state index contributed by atoms with van der Waals surface area (Å²) in [6.07, 6.45) is 2.19. The zero-order chi connectivity index (χ0) is 20.2. The molecule has 29 heavy (non-hydrogen) atoms. The summed E-state index contributed by atoms with van der Waals surface area (Å²) in [4.78, 5) is 22.0. The Kier molecular flexibility index (Phi) is 5.87. The minimum atomic E-state index is -0.139. The van der Waals surface area contributed by atoms with E-state index in [0.717, 1.165) is 30.7 Å². The lowest BCUT2D eigenvalue weighted by molar-refractivity contribution is 0.0900. The van der Waals surface area contributed by atoms with Crippen molar-refractivity contribution in [3.8, 4) is 0 Å². The maximum atomic E-state index is 12.4. The SMILES string of the molecule is Cc1cccc(NC(=S)N(Cc2nc3ccccc3c(=O)[nH]2)C[C@H]2CCCO2)c1. The van der Waals surface area contributed by atoms with Gasteiger partial charge in [0.05, 0.1) is 23.6 Å². The third-order valence-electron chi connectivity index (χ3n) is 5.01. The van der Waals surface area contributed by atoms with Crippen LogP contribution >= 0.6 is 12.2 Å². The Morgan fingerprint density at radius 1 is 1.31 bits per heavy atom. The van der Waals surface area contributed by atoms with Gasteiger partial charge in [-0.2, -0.15) is 0 Å². The van der Waals surface area contributed by atoms with E-state index in [9.17, 15) is 4.79 Å². The van der Waals surface area contributed by atoms with E-state index < -0.39 is 0 Å². The molecule has 1 fully saturated rings. The Hall–Kier alpha value is -2.77. The summed E-state index contributed by atoms with van der Waals surface area (Å²) >= 11 is 5.70. The number of thiocarbonyl (C=S) groups is 1. The maximum absolute atomic E-state index is 12.4. The van der Waals surface area contributed by atoms with Gasteiger partial charge < -0.3 is 19.9 Å². The molecule has 0 amide bonds. The zero-order valence-electron chi connectivity index (χ0n) is 16.4. The van der Waals surface area contributed by atoms with Crippen molar-refractivity contribution < 1.29 is 4.74 Å². The van der Waals surface area contributed by atoms with Crippen molar-refractivity contribution in [3.63, 3.8) is 0 Å². The Bertz CT molecular complexity index is 1080. The van der Waals surface area contributed by atoms with E-state index in [4.69, 9.17) is 17.0 Å². The van der Waals surface area contributed by atoms with Crippen LogP contribution in [0.5, 0.6) is 0 Å². The highest BCUT2D eigenvalue weighted by molar-refractivity contribution is 7.80. The lowest BCUT2D eigenvalue weighted by Crippen LogP contribution is -2.40. The topological polar surface area (TPSA) is 70.2 Å². The van der Waals surface area contributed by atoms with Crippen LogP contribution in [0.2, 0.25) is 0 Å². The number of para-hydroxylation sites is 1. The summed E-state index contributed by atoms with van der Waals surface area (Å²) in [5, 5.41) is 4.48. The third-order valence-corrected chi connectivity index (χ3v) is 5.37. The molecule has 0 radical (unpaired) electrons. The van der Waals surface area contributed by atoms with Crippen molar-refractivity contribution in [2.75, 3.05) is 18.5 Å². The number of nitrogens with one attached hydrogen (secondary N) is 2. The van der Waals surface area contributed by atoms with Crippen molar-refractivity contribution in [2.24, 2.45) is 0 Å². The van der Waals surface area contributed by atoms with E-state index in [2.05, 4.69) is 15.3 Å². The van der Waals surface area contributed by atoms with Gasteiger partial charge in [0, 0.05) is 18.8 Å². The third kappa shape index (κ3) is 4.81.